The van der Waals surface area contributed by atoms with Crippen LogP contribution in [0.25, 0.3) is 0 Å². The van der Waals surface area contributed by atoms with Crippen LogP contribution in [-0.2, 0) is 11.2 Å². The normalized spacial score (nSPS) is 20.6. The van der Waals surface area contributed by atoms with Gasteiger partial charge in [0, 0.05) is 25.8 Å². The zero-order chi connectivity index (χ0) is 15.3. The maximum atomic E-state index is 5.78. The third-order valence-electron chi connectivity index (χ3n) is 5.13. The molecule has 0 spiro atoms. The Hall–Kier alpha value is -0.870. The summed E-state index contributed by atoms with van der Waals surface area (Å²) in [6.45, 7) is 7.47. The number of nitrogens with one attached hydrogen (secondary N) is 1. The zero-order valence-electron chi connectivity index (χ0n) is 14.1. The van der Waals surface area contributed by atoms with Gasteiger partial charge in [0.05, 0.1) is 17.3 Å². The molecule has 120 valence electrons. The van der Waals surface area contributed by atoms with E-state index in [-0.39, 0.29) is 5.60 Å². The SMILES string of the molecule is CCNC(Cc1ccn(C2CCCC2)n1)C(C)(CC)OC. The quantitative estimate of drug-likeness (QED) is 0.799. The summed E-state index contributed by atoms with van der Waals surface area (Å²) in [4.78, 5) is 0. The standard InChI is InChI=1S/C17H31N3O/c1-5-17(3,21-4)16(18-6-2)13-14-11-12-20(19-14)15-9-7-8-10-15/h11-12,15-16,18H,5-10,13H2,1-4H3. The van der Waals surface area contributed by atoms with Crippen molar-refractivity contribution in [3.63, 3.8) is 0 Å². The number of nitrogens with zero attached hydrogens (tertiary/aromatic N) is 2. The van der Waals surface area contributed by atoms with Crippen LogP contribution in [0.1, 0.15) is 64.6 Å². The highest BCUT2D eigenvalue weighted by molar-refractivity contribution is 5.06. The third-order valence-corrected chi connectivity index (χ3v) is 5.13. The van der Waals surface area contributed by atoms with Gasteiger partial charge in [-0.2, -0.15) is 5.10 Å². The van der Waals surface area contributed by atoms with Crippen molar-refractivity contribution in [1.82, 2.24) is 15.1 Å². The predicted octanol–water partition coefficient (Wildman–Crippen LogP) is 3.33. The van der Waals surface area contributed by atoms with Crippen molar-refractivity contribution in [3.8, 4) is 0 Å². The van der Waals surface area contributed by atoms with Crippen LogP contribution in [-0.4, -0.2) is 35.1 Å². The van der Waals surface area contributed by atoms with Gasteiger partial charge in [-0.05, 0) is 38.8 Å². The molecule has 0 amide bonds. The molecule has 0 aromatic carbocycles. The first-order chi connectivity index (χ1) is 10.1. The maximum absolute atomic E-state index is 5.78. The molecule has 2 atom stereocenters. The molecule has 1 N–H and O–H groups in total. The molecule has 2 unspecified atom stereocenters. The van der Waals surface area contributed by atoms with E-state index in [0.717, 1.165) is 19.4 Å². The molecule has 0 aliphatic heterocycles. The third kappa shape index (κ3) is 3.86. The Bertz CT molecular complexity index is 419. The zero-order valence-corrected chi connectivity index (χ0v) is 14.1. The first-order valence-corrected chi connectivity index (χ1v) is 8.45. The van der Waals surface area contributed by atoms with Crippen LogP contribution in [0.3, 0.4) is 0 Å². The van der Waals surface area contributed by atoms with Gasteiger partial charge in [0.2, 0.25) is 0 Å². The van der Waals surface area contributed by atoms with Gasteiger partial charge in [0.15, 0.2) is 0 Å². The molecule has 21 heavy (non-hydrogen) atoms. The smallest absolute Gasteiger partial charge is 0.0804 e. The van der Waals surface area contributed by atoms with Crippen LogP contribution >= 0.6 is 0 Å². The lowest BCUT2D eigenvalue weighted by atomic mass is 9.89. The maximum Gasteiger partial charge on any atom is 0.0804 e. The molecule has 1 aromatic heterocycles. The number of likely N-dealkylation sites (N-methyl/N-ethyl adjacent to an activating group) is 1. The van der Waals surface area contributed by atoms with E-state index in [1.807, 2.05) is 7.11 Å². The highest BCUT2D eigenvalue weighted by Gasteiger charge is 2.32. The van der Waals surface area contributed by atoms with Crippen molar-refractivity contribution < 1.29 is 4.74 Å². The summed E-state index contributed by atoms with van der Waals surface area (Å²) >= 11 is 0. The van der Waals surface area contributed by atoms with E-state index in [4.69, 9.17) is 9.84 Å². The molecular weight excluding hydrogens is 262 g/mol. The van der Waals surface area contributed by atoms with Gasteiger partial charge in [0.25, 0.3) is 0 Å². The van der Waals surface area contributed by atoms with E-state index in [1.165, 1.54) is 31.4 Å². The molecule has 1 saturated carbocycles. The Balaban J connectivity index is 2.06. The Morgan fingerprint density at radius 2 is 2.14 bits per heavy atom. The molecule has 4 nitrogen and oxygen atoms in total. The van der Waals surface area contributed by atoms with Gasteiger partial charge in [-0.15, -0.1) is 0 Å². The Morgan fingerprint density at radius 3 is 2.71 bits per heavy atom. The molecule has 0 radical (unpaired) electrons. The van der Waals surface area contributed by atoms with Gasteiger partial charge in [-0.1, -0.05) is 26.7 Å². The van der Waals surface area contributed by atoms with Gasteiger partial charge in [0.1, 0.15) is 0 Å². The van der Waals surface area contributed by atoms with Crippen LogP contribution < -0.4 is 5.32 Å². The van der Waals surface area contributed by atoms with Crippen molar-refractivity contribution in [2.75, 3.05) is 13.7 Å². The lowest BCUT2D eigenvalue weighted by Crippen LogP contribution is -2.51. The summed E-state index contributed by atoms with van der Waals surface area (Å²) in [5, 5.41) is 8.40. The van der Waals surface area contributed by atoms with Crippen LogP contribution in [0.4, 0.5) is 0 Å². The lowest BCUT2D eigenvalue weighted by molar-refractivity contribution is -0.0286. The molecule has 1 aliphatic rings. The average molecular weight is 293 g/mol. The highest BCUT2D eigenvalue weighted by Crippen LogP contribution is 2.29. The second-order valence-electron chi connectivity index (χ2n) is 6.41. The molecule has 2 rings (SSSR count). The minimum Gasteiger partial charge on any atom is -0.377 e. The van der Waals surface area contributed by atoms with Crippen molar-refractivity contribution in [1.29, 1.82) is 0 Å². The fourth-order valence-corrected chi connectivity index (χ4v) is 3.35. The van der Waals surface area contributed by atoms with E-state index < -0.39 is 0 Å². The lowest BCUT2D eigenvalue weighted by Gasteiger charge is -2.36. The molecule has 0 bridgehead atoms. The molecule has 1 fully saturated rings. The predicted molar refractivity (Wildman–Crippen MR) is 86.6 cm³/mol. The second-order valence-corrected chi connectivity index (χ2v) is 6.41. The van der Waals surface area contributed by atoms with Gasteiger partial charge >= 0.3 is 0 Å². The minimum absolute atomic E-state index is 0.146. The summed E-state index contributed by atoms with van der Waals surface area (Å²) in [6.07, 6.45) is 9.32. The van der Waals surface area contributed by atoms with Crippen LogP contribution in [0.15, 0.2) is 12.3 Å². The number of rotatable bonds is 8. The first kappa shape index (κ1) is 16.5. The van der Waals surface area contributed by atoms with Crippen molar-refractivity contribution in [2.45, 2.75) is 77.0 Å². The van der Waals surface area contributed by atoms with Crippen LogP contribution in [0, 0.1) is 0 Å². The molecular formula is C17H31N3O. The average Bonchev–Trinajstić information content (AvgIpc) is 3.16. The van der Waals surface area contributed by atoms with Gasteiger partial charge < -0.3 is 10.1 Å². The highest BCUT2D eigenvalue weighted by atomic mass is 16.5. The molecule has 0 saturated heterocycles. The molecule has 1 aliphatic carbocycles. The van der Waals surface area contributed by atoms with E-state index in [1.54, 1.807) is 0 Å². The van der Waals surface area contributed by atoms with Gasteiger partial charge in [-0.25, -0.2) is 0 Å². The van der Waals surface area contributed by atoms with E-state index >= 15 is 0 Å². The number of hydrogen-bond acceptors (Lipinski definition) is 3. The number of hydrogen-bond donors (Lipinski definition) is 1. The van der Waals surface area contributed by atoms with E-state index in [2.05, 4.69) is 43.0 Å². The summed E-state index contributed by atoms with van der Waals surface area (Å²) in [5.41, 5.74) is 1.03. The van der Waals surface area contributed by atoms with Crippen molar-refractivity contribution in [3.05, 3.63) is 18.0 Å². The molecule has 1 aromatic rings. The summed E-state index contributed by atoms with van der Waals surface area (Å²) in [5.74, 6) is 0. The van der Waals surface area contributed by atoms with Crippen molar-refractivity contribution in [2.24, 2.45) is 0 Å². The minimum atomic E-state index is -0.146. The van der Waals surface area contributed by atoms with Crippen molar-refractivity contribution >= 4 is 0 Å². The Morgan fingerprint density at radius 1 is 1.43 bits per heavy atom. The number of ether oxygens (including phenoxy) is 1. The summed E-state index contributed by atoms with van der Waals surface area (Å²) < 4.78 is 7.97. The monoisotopic (exact) mass is 293 g/mol. The molecule has 1 heterocycles. The van der Waals surface area contributed by atoms with Crippen LogP contribution in [0.5, 0.6) is 0 Å². The fourth-order valence-electron chi connectivity index (χ4n) is 3.35. The second kappa shape index (κ2) is 7.41. The Kier molecular flexibility index (Phi) is 5.82. The summed E-state index contributed by atoms with van der Waals surface area (Å²) in [6, 6.07) is 3.09. The summed E-state index contributed by atoms with van der Waals surface area (Å²) in [7, 11) is 1.81. The van der Waals surface area contributed by atoms with Crippen LogP contribution in [0.2, 0.25) is 0 Å². The van der Waals surface area contributed by atoms with E-state index in [9.17, 15) is 0 Å². The van der Waals surface area contributed by atoms with Gasteiger partial charge in [-0.3, -0.25) is 4.68 Å². The number of aromatic nitrogens is 2. The number of methoxy groups -OCH3 is 1. The fraction of sp³-hybridized carbons (Fsp3) is 0.824. The topological polar surface area (TPSA) is 39.1 Å². The first-order valence-electron chi connectivity index (χ1n) is 8.45. The van der Waals surface area contributed by atoms with E-state index in [0.29, 0.717) is 12.1 Å². The Labute approximate surface area is 129 Å². The molecule has 4 heteroatoms. The largest absolute Gasteiger partial charge is 0.377 e.